The molecule has 3 N–H and O–H groups in total. The molecule has 1 aromatic carbocycles. The van der Waals surface area contributed by atoms with Crippen LogP contribution < -0.4 is 10.5 Å². The Morgan fingerprint density at radius 2 is 2.25 bits per heavy atom. The molecule has 110 valence electrons. The Labute approximate surface area is 119 Å². The fourth-order valence-electron chi connectivity index (χ4n) is 1.57. The molecule has 0 aromatic heterocycles. The molecule has 0 fully saturated rings. The van der Waals surface area contributed by atoms with Crippen molar-refractivity contribution < 1.29 is 14.6 Å². The number of benzene rings is 1. The Balaban J connectivity index is 2.69. The van der Waals surface area contributed by atoms with Crippen LogP contribution in [0.15, 0.2) is 24.3 Å². The third kappa shape index (κ3) is 4.93. The molecule has 0 atom stereocenters. The fourth-order valence-corrected chi connectivity index (χ4v) is 1.57. The minimum Gasteiger partial charge on any atom is -0.491 e. The molecule has 0 radical (unpaired) electrons. The van der Waals surface area contributed by atoms with Gasteiger partial charge in [-0.3, -0.25) is 4.79 Å². The fraction of sp³-hybridized carbons (Fsp3) is 0.400. The number of aliphatic hydroxyl groups excluding tert-OH is 1. The highest BCUT2D eigenvalue weighted by Crippen LogP contribution is 2.23. The number of nitrogens with two attached hydrogens (primary N) is 1. The first-order valence-corrected chi connectivity index (χ1v) is 6.64. The second kappa shape index (κ2) is 8.22. The second-order valence-electron chi connectivity index (χ2n) is 4.46. The molecule has 1 aromatic rings. The van der Waals surface area contributed by atoms with E-state index in [1.165, 1.54) is 11.0 Å². The van der Waals surface area contributed by atoms with E-state index in [2.05, 4.69) is 0 Å². The maximum absolute atomic E-state index is 11.7. The number of nitrogens with zero attached hydrogens (tertiary/aromatic N) is 1. The lowest BCUT2D eigenvalue weighted by molar-refractivity contribution is -0.125. The molecule has 0 aliphatic rings. The van der Waals surface area contributed by atoms with Crippen molar-refractivity contribution in [3.63, 3.8) is 0 Å². The molecule has 0 aliphatic carbocycles. The van der Waals surface area contributed by atoms with Crippen LogP contribution in [0.1, 0.15) is 18.9 Å². The minimum absolute atomic E-state index is 0.0491. The summed E-state index contributed by atoms with van der Waals surface area (Å²) in [6.07, 6.45) is 4.07. The maximum atomic E-state index is 11.7. The van der Waals surface area contributed by atoms with Gasteiger partial charge in [0.25, 0.3) is 0 Å². The van der Waals surface area contributed by atoms with Crippen LogP contribution in [0, 0.1) is 0 Å². The molecule has 0 aliphatic heterocycles. The van der Waals surface area contributed by atoms with Crippen molar-refractivity contribution in [1.29, 1.82) is 0 Å². The quantitative estimate of drug-likeness (QED) is 0.586. The van der Waals surface area contributed by atoms with Gasteiger partial charge in [-0.25, -0.2) is 0 Å². The number of carbonyl (C=O) groups excluding carboxylic acids is 1. The van der Waals surface area contributed by atoms with Gasteiger partial charge in [0.15, 0.2) is 0 Å². The summed E-state index contributed by atoms with van der Waals surface area (Å²) >= 11 is 0. The van der Waals surface area contributed by atoms with Gasteiger partial charge in [0.2, 0.25) is 5.91 Å². The van der Waals surface area contributed by atoms with E-state index in [0.717, 1.165) is 12.0 Å². The van der Waals surface area contributed by atoms with Crippen LogP contribution in [-0.4, -0.2) is 42.7 Å². The number of hydrogen-bond donors (Lipinski definition) is 2. The zero-order chi connectivity index (χ0) is 15.0. The van der Waals surface area contributed by atoms with Gasteiger partial charge < -0.3 is 20.5 Å². The first-order chi connectivity index (χ1) is 9.58. The summed E-state index contributed by atoms with van der Waals surface area (Å²) in [5.41, 5.74) is 7.27. The Bertz CT molecular complexity index is 472. The lowest BCUT2D eigenvalue weighted by atomic mass is 10.1. The predicted molar refractivity (Wildman–Crippen MR) is 80.4 cm³/mol. The first-order valence-electron chi connectivity index (χ1n) is 6.64. The van der Waals surface area contributed by atoms with Crippen LogP contribution >= 0.6 is 0 Å². The van der Waals surface area contributed by atoms with Gasteiger partial charge in [-0.1, -0.05) is 13.0 Å². The van der Waals surface area contributed by atoms with E-state index in [0.29, 0.717) is 24.6 Å². The summed E-state index contributed by atoms with van der Waals surface area (Å²) in [6.45, 7) is 2.92. The summed E-state index contributed by atoms with van der Waals surface area (Å²) < 4.78 is 5.48. The number of carbonyl (C=O) groups is 1. The summed E-state index contributed by atoms with van der Waals surface area (Å²) in [4.78, 5) is 13.1. The zero-order valence-electron chi connectivity index (χ0n) is 12.0. The van der Waals surface area contributed by atoms with E-state index in [9.17, 15) is 4.79 Å². The van der Waals surface area contributed by atoms with Crippen molar-refractivity contribution in [3.8, 4) is 5.75 Å². The highest BCUT2D eigenvalue weighted by molar-refractivity contribution is 5.91. The Kier molecular flexibility index (Phi) is 6.59. The molecule has 1 rings (SSSR count). The van der Waals surface area contributed by atoms with E-state index >= 15 is 0 Å². The van der Waals surface area contributed by atoms with Crippen molar-refractivity contribution in [2.45, 2.75) is 13.3 Å². The lowest BCUT2D eigenvalue weighted by Gasteiger charge is -2.12. The summed E-state index contributed by atoms with van der Waals surface area (Å²) in [5, 5.41) is 8.76. The highest BCUT2D eigenvalue weighted by Gasteiger charge is 2.04. The third-order valence-corrected chi connectivity index (χ3v) is 2.73. The Hall–Kier alpha value is -2.01. The average molecular weight is 278 g/mol. The van der Waals surface area contributed by atoms with Gasteiger partial charge in [0, 0.05) is 19.7 Å². The normalized spacial score (nSPS) is 10.8. The van der Waals surface area contributed by atoms with E-state index in [1.807, 2.05) is 13.0 Å². The number of amides is 1. The molecular weight excluding hydrogens is 256 g/mol. The summed E-state index contributed by atoms with van der Waals surface area (Å²) in [7, 11) is 1.64. The number of hydrogen-bond acceptors (Lipinski definition) is 4. The average Bonchev–Trinajstić information content (AvgIpc) is 2.44. The van der Waals surface area contributed by atoms with Crippen LogP contribution in [0.3, 0.4) is 0 Å². The Morgan fingerprint density at radius 3 is 2.85 bits per heavy atom. The molecule has 0 bridgehead atoms. The molecule has 1 amide bonds. The van der Waals surface area contributed by atoms with Crippen molar-refractivity contribution in [2.75, 3.05) is 32.5 Å². The Morgan fingerprint density at radius 1 is 1.50 bits per heavy atom. The largest absolute Gasteiger partial charge is 0.491 e. The molecular formula is C15H22N2O3. The number of anilines is 1. The molecule has 0 saturated carbocycles. The van der Waals surface area contributed by atoms with Gasteiger partial charge in [0.1, 0.15) is 5.75 Å². The van der Waals surface area contributed by atoms with Gasteiger partial charge in [-0.05, 0) is 30.2 Å². The smallest absolute Gasteiger partial charge is 0.246 e. The predicted octanol–water partition coefficient (Wildman–Crippen LogP) is 1.52. The number of nitrogen functional groups attached to an aromatic ring is 1. The van der Waals surface area contributed by atoms with E-state index < -0.39 is 0 Å². The molecule has 5 nitrogen and oxygen atoms in total. The van der Waals surface area contributed by atoms with Gasteiger partial charge in [-0.2, -0.15) is 0 Å². The monoisotopic (exact) mass is 278 g/mol. The topological polar surface area (TPSA) is 75.8 Å². The SMILES string of the molecule is CCCOc1ccc(/C=C\C(=O)N(C)CCO)cc1N. The van der Waals surface area contributed by atoms with E-state index in [1.54, 1.807) is 25.3 Å². The minimum atomic E-state index is -0.163. The van der Waals surface area contributed by atoms with Gasteiger partial charge in [-0.15, -0.1) is 0 Å². The van der Waals surface area contributed by atoms with Crippen molar-refractivity contribution in [1.82, 2.24) is 4.90 Å². The van der Waals surface area contributed by atoms with Crippen LogP contribution in [0.25, 0.3) is 6.08 Å². The van der Waals surface area contributed by atoms with Crippen LogP contribution in [-0.2, 0) is 4.79 Å². The molecule has 0 spiro atoms. The van der Waals surface area contributed by atoms with Crippen molar-refractivity contribution in [3.05, 3.63) is 29.8 Å². The van der Waals surface area contributed by atoms with Crippen molar-refractivity contribution >= 4 is 17.7 Å². The molecule has 0 unspecified atom stereocenters. The van der Waals surface area contributed by atoms with E-state index in [4.69, 9.17) is 15.6 Å². The van der Waals surface area contributed by atoms with Gasteiger partial charge >= 0.3 is 0 Å². The molecule has 20 heavy (non-hydrogen) atoms. The van der Waals surface area contributed by atoms with Crippen LogP contribution in [0.2, 0.25) is 0 Å². The maximum Gasteiger partial charge on any atom is 0.246 e. The third-order valence-electron chi connectivity index (χ3n) is 2.73. The molecule has 5 heteroatoms. The number of rotatable bonds is 7. The van der Waals surface area contributed by atoms with E-state index in [-0.39, 0.29) is 12.5 Å². The number of ether oxygens (including phenoxy) is 1. The second-order valence-corrected chi connectivity index (χ2v) is 4.46. The highest BCUT2D eigenvalue weighted by atomic mass is 16.5. The molecule has 0 saturated heterocycles. The van der Waals surface area contributed by atoms with Crippen LogP contribution in [0.5, 0.6) is 5.75 Å². The number of likely N-dealkylation sites (N-methyl/N-ethyl adjacent to an activating group) is 1. The lowest BCUT2D eigenvalue weighted by Crippen LogP contribution is -2.27. The van der Waals surface area contributed by atoms with Crippen molar-refractivity contribution in [2.24, 2.45) is 0 Å². The van der Waals surface area contributed by atoms with Crippen LogP contribution in [0.4, 0.5) is 5.69 Å². The standard InChI is InChI=1S/C15H22N2O3/c1-3-10-20-14-6-4-12(11-13(14)16)5-7-15(19)17(2)8-9-18/h4-7,11,18H,3,8-10,16H2,1-2H3/b7-5-. The van der Waals surface area contributed by atoms with Gasteiger partial charge in [0.05, 0.1) is 18.9 Å². The first kappa shape index (κ1) is 16.0. The zero-order valence-corrected chi connectivity index (χ0v) is 12.0. The number of aliphatic hydroxyl groups is 1. The summed E-state index contributed by atoms with van der Waals surface area (Å²) in [6, 6.07) is 5.41. The molecule has 0 heterocycles. The summed E-state index contributed by atoms with van der Waals surface area (Å²) in [5.74, 6) is 0.497.